The topological polar surface area (TPSA) is 64.9 Å². The van der Waals surface area contributed by atoms with Crippen molar-refractivity contribution in [3.63, 3.8) is 0 Å². The van der Waals surface area contributed by atoms with Gasteiger partial charge >= 0.3 is 0 Å². The highest BCUT2D eigenvalue weighted by molar-refractivity contribution is 6.31. The van der Waals surface area contributed by atoms with Crippen molar-refractivity contribution < 1.29 is 4.74 Å². The highest BCUT2D eigenvalue weighted by atomic mass is 35.5. The van der Waals surface area contributed by atoms with Crippen molar-refractivity contribution in [2.24, 2.45) is 0 Å². The van der Waals surface area contributed by atoms with Gasteiger partial charge in [0.05, 0.1) is 31.9 Å². The smallest absolute Gasteiger partial charge is 0.118 e. The number of rotatable bonds is 6. The Bertz CT molecular complexity index is 1220. The van der Waals surface area contributed by atoms with E-state index in [4.69, 9.17) is 21.3 Å². The van der Waals surface area contributed by atoms with Gasteiger partial charge in [-0.3, -0.25) is 4.98 Å². The van der Waals surface area contributed by atoms with Gasteiger partial charge in [0.25, 0.3) is 0 Å². The zero-order chi connectivity index (χ0) is 21.2. The Morgan fingerprint density at radius 1 is 1.10 bits per heavy atom. The van der Waals surface area contributed by atoms with Crippen LogP contribution in [-0.2, 0) is 25.9 Å². The summed E-state index contributed by atoms with van der Waals surface area (Å²) in [4.78, 5) is 4.89. The second-order valence-electron chi connectivity index (χ2n) is 7.89. The molecule has 6 nitrogen and oxygen atoms in total. The van der Waals surface area contributed by atoms with Crippen LogP contribution in [0.2, 0.25) is 5.02 Å². The second-order valence-corrected chi connectivity index (χ2v) is 8.33. The molecule has 2 heterocycles. The zero-order valence-electron chi connectivity index (χ0n) is 17.4. The Morgan fingerprint density at radius 2 is 1.94 bits per heavy atom. The minimum absolute atomic E-state index is 0.608. The molecule has 1 aliphatic carbocycles. The third kappa shape index (κ3) is 4.21. The van der Waals surface area contributed by atoms with E-state index >= 15 is 0 Å². The number of fused-ring (bicyclic) bond motifs is 2. The maximum atomic E-state index is 6.22. The quantitative estimate of drug-likeness (QED) is 0.462. The predicted molar refractivity (Wildman–Crippen MR) is 123 cm³/mol. The van der Waals surface area contributed by atoms with E-state index in [9.17, 15) is 0 Å². The van der Waals surface area contributed by atoms with Crippen LogP contribution in [-0.4, -0.2) is 27.1 Å². The van der Waals surface area contributed by atoms with Crippen LogP contribution in [0.3, 0.4) is 0 Å². The molecule has 0 fully saturated rings. The van der Waals surface area contributed by atoms with Crippen molar-refractivity contribution in [1.82, 2.24) is 20.0 Å². The number of hydrogen-bond donors (Lipinski definition) is 1. The fourth-order valence-electron chi connectivity index (χ4n) is 4.19. The number of benzene rings is 2. The SMILES string of the molecule is COc1ccc(Cn2cc(CNc3c4c(nc5cc(Cl)ccc35)CCCC4)nn2)cc1. The fraction of sp³-hybridized carbons (Fsp3) is 0.292. The second kappa shape index (κ2) is 8.55. The van der Waals surface area contributed by atoms with Crippen molar-refractivity contribution >= 4 is 28.2 Å². The summed E-state index contributed by atoms with van der Waals surface area (Å²) in [7, 11) is 1.67. The molecule has 0 saturated heterocycles. The number of aryl methyl sites for hydroxylation is 1. The van der Waals surface area contributed by atoms with Gasteiger partial charge in [0.15, 0.2) is 0 Å². The minimum atomic E-state index is 0.608. The Hall–Kier alpha value is -3.12. The third-order valence-electron chi connectivity index (χ3n) is 5.76. The van der Waals surface area contributed by atoms with Crippen molar-refractivity contribution in [2.75, 3.05) is 12.4 Å². The molecule has 0 spiro atoms. The first-order valence-electron chi connectivity index (χ1n) is 10.6. The monoisotopic (exact) mass is 433 g/mol. The lowest BCUT2D eigenvalue weighted by Gasteiger charge is -2.21. The Labute approximate surface area is 186 Å². The molecule has 0 radical (unpaired) electrons. The van der Waals surface area contributed by atoms with E-state index in [0.717, 1.165) is 46.4 Å². The van der Waals surface area contributed by atoms with Crippen LogP contribution < -0.4 is 10.1 Å². The third-order valence-corrected chi connectivity index (χ3v) is 6.00. The summed E-state index contributed by atoms with van der Waals surface area (Å²) in [5, 5.41) is 14.1. The standard InChI is InChI=1S/C24H24ClN5O/c1-31-19-9-6-16(7-10-19)14-30-15-18(28-29-30)13-26-24-20-4-2-3-5-22(20)27-23-12-17(25)8-11-21(23)24/h6-12,15H,2-5,13-14H2,1H3,(H,26,27). The molecule has 1 N–H and O–H groups in total. The first-order valence-corrected chi connectivity index (χ1v) is 10.9. The summed E-state index contributed by atoms with van der Waals surface area (Å²) < 4.78 is 7.08. The van der Waals surface area contributed by atoms with Crippen LogP contribution in [0, 0.1) is 0 Å². The average Bonchev–Trinajstić information content (AvgIpc) is 3.24. The molecule has 0 atom stereocenters. The summed E-state index contributed by atoms with van der Waals surface area (Å²) in [6.45, 7) is 1.28. The lowest BCUT2D eigenvalue weighted by atomic mass is 9.92. The van der Waals surface area contributed by atoms with Gasteiger partial charge in [-0.25, -0.2) is 4.68 Å². The normalized spacial score (nSPS) is 13.2. The van der Waals surface area contributed by atoms with Crippen LogP contribution in [0.25, 0.3) is 10.9 Å². The van der Waals surface area contributed by atoms with Crippen molar-refractivity contribution in [3.8, 4) is 5.75 Å². The van der Waals surface area contributed by atoms with Crippen LogP contribution in [0.5, 0.6) is 5.75 Å². The predicted octanol–water partition coefficient (Wildman–Crippen LogP) is 5.03. The van der Waals surface area contributed by atoms with Crippen LogP contribution in [0.15, 0.2) is 48.7 Å². The molecule has 1 aliphatic rings. The lowest BCUT2D eigenvalue weighted by Crippen LogP contribution is -2.11. The molecule has 4 aromatic rings. The fourth-order valence-corrected chi connectivity index (χ4v) is 4.36. The van der Waals surface area contributed by atoms with Gasteiger partial charge < -0.3 is 10.1 Å². The number of anilines is 1. The van der Waals surface area contributed by atoms with Crippen LogP contribution >= 0.6 is 11.6 Å². The van der Waals surface area contributed by atoms with Crippen molar-refractivity contribution in [1.29, 1.82) is 0 Å². The van der Waals surface area contributed by atoms with E-state index in [1.165, 1.54) is 24.1 Å². The first kappa shape index (κ1) is 19.8. The summed E-state index contributed by atoms with van der Waals surface area (Å²) in [5.41, 5.74) is 6.66. The first-order chi connectivity index (χ1) is 15.2. The van der Waals surface area contributed by atoms with Gasteiger partial charge in [-0.05, 0) is 67.1 Å². The summed E-state index contributed by atoms with van der Waals surface area (Å²) in [6, 6.07) is 13.9. The van der Waals surface area contributed by atoms with E-state index in [1.807, 2.05) is 47.3 Å². The van der Waals surface area contributed by atoms with E-state index in [0.29, 0.717) is 18.1 Å². The summed E-state index contributed by atoms with van der Waals surface area (Å²) in [6.07, 6.45) is 6.44. The molecule has 7 heteroatoms. The molecule has 0 unspecified atom stereocenters. The summed E-state index contributed by atoms with van der Waals surface area (Å²) in [5.74, 6) is 0.849. The van der Waals surface area contributed by atoms with Gasteiger partial charge in [-0.15, -0.1) is 5.10 Å². The van der Waals surface area contributed by atoms with Gasteiger partial charge in [0.1, 0.15) is 11.4 Å². The van der Waals surface area contributed by atoms with E-state index in [2.05, 4.69) is 21.7 Å². The molecule has 0 bridgehead atoms. The molecule has 0 aliphatic heterocycles. The van der Waals surface area contributed by atoms with Crippen LogP contribution in [0.1, 0.15) is 35.4 Å². The molecule has 158 valence electrons. The Balaban J connectivity index is 1.36. The molecular formula is C24H24ClN5O. The molecule has 2 aromatic carbocycles. The van der Waals surface area contributed by atoms with Crippen molar-refractivity contribution in [3.05, 3.63) is 76.2 Å². The maximum absolute atomic E-state index is 6.22. The molecule has 0 saturated carbocycles. The number of hydrogen-bond acceptors (Lipinski definition) is 5. The van der Waals surface area contributed by atoms with Gasteiger partial charge in [0, 0.05) is 21.8 Å². The number of pyridine rings is 1. The highest BCUT2D eigenvalue weighted by Gasteiger charge is 2.18. The van der Waals surface area contributed by atoms with Gasteiger partial charge in [0.2, 0.25) is 0 Å². The number of halogens is 1. The number of aromatic nitrogens is 4. The zero-order valence-corrected chi connectivity index (χ0v) is 18.2. The number of nitrogens with one attached hydrogen (secondary N) is 1. The van der Waals surface area contributed by atoms with Gasteiger partial charge in [-0.2, -0.15) is 0 Å². The molecule has 5 rings (SSSR count). The largest absolute Gasteiger partial charge is 0.497 e. The maximum Gasteiger partial charge on any atom is 0.118 e. The lowest BCUT2D eigenvalue weighted by molar-refractivity contribution is 0.414. The number of methoxy groups -OCH3 is 1. The molecule has 0 amide bonds. The van der Waals surface area contributed by atoms with E-state index in [1.54, 1.807) is 7.11 Å². The number of nitrogens with zero attached hydrogens (tertiary/aromatic N) is 4. The van der Waals surface area contributed by atoms with Crippen molar-refractivity contribution in [2.45, 2.75) is 38.8 Å². The number of ether oxygens (including phenoxy) is 1. The van der Waals surface area contributed by atoms with Gasteiger partial charge in [-0.1, -0.05) is 28.9 Å². The van der Waals surface area contributed by atoms with E-state index < -0.39 is 0 Å². The minimum Gasteiger partial charge on any atom is -0.497 e. The average molecular weight is 434 g/mol. The highest BCUT2D eigenvalue weighted by Crippen LogP contribution is 2.34. The Morgan fingerprint density at radius 3 is 2.77 bits per heavy atom. The van der Waals surface area contributed by atoms with E-state index in [-0.39, 0.29) is 0 Å². The van der Waals surface area contributed by atoms with Crippen LogP contribution in [0.4, 0.5) is 5.69 Å². The Kier molecular flexibility index (Phi) is 5.47. The summed E-state index contributed by atoms with van der Waals surface area (Å²) >= 11 is 6.22. The molecular weight excluding hydrogens is 410 g/mol. The molecule has 31 heavy (non-hydrogen) atoms. The molecule has 2 aromatic heterocycles.